The smallest absolute Gasteiger partial charge is 0.359 e. The third kappa shape index (κ3) is 4.53. The van der Waals surface area contributed by atoms with Gasteiger partial charge in [-0.05, 0) is 30.3 Å². The molecule has 9 heteroatoms. The van der Waals surface area contributed by atoms with E-state index in [4.69, 9.17) is 9.47 Å². The van der Waals surface area contributed by atoms with Gasteiger partial charge in [-0.25, -0.2) is 9.59 Å². The fraction of sp³-hybridized carbons (Fsp3) is 0.0800. The third-order valence-electron chi connectivity index (χ3n) is 4.94. The Balaban J connectivity index is 1.58. The van der Waals surface area contributed by atoms with Gasteiger partial charge in [-0.3, -0.25) is 9.59 Å². The zero-order valence-electron chi connectivity index (χ0n) is 18.1. The van der Waals surface area contributed by atoms with Crippen LogP contribution in [0.1, 0.15) is 20.8 Å². The van der Waals surface area contributed by atoms with Crippen LogP contribution in [0.15, 0.2) is 83.7 Å². The number of fused-ring (bicyclic) bond motifs is 1. The Bertz CT molecular complexity index is 1450. The second-order valence-corrected chi connectivity index (χ2v) is 7.11. The molecule has 9 nitrogen and oxygen atoms in total. The summed E-state index contributed by atoms with van der Waals surface area (Å²) >= 11 is 0. The maximum Gasteiger partial charge on any atom is 0.359 e. The molecule has 4 aromatic rings. The van der Waals surface area contributed by atoms with Gasteiger partial charge in [-0.2, -0.15) is 9.78 Å². The highest BCUT2D eigenvalue weighted by atomic mass is 16.5. The molecular weight excluding hydrogens is 438 g/mol. The minimum atomic E-state index is -0.878. The third-order valence-corrected chi connectivity index (χ3v) is 4.94. The molecule has 0 atom stereocenters. The van der Waals surface area contributed by atoms with Crippen molar-refractivity contribution in [3.8, 4) is 5.69 Å². The number of amides is 1. The van der Waals surface area contributed by atoms with Crippen molar-refractivity contribution in [2.45, 2.75) is 0 Å². The summed E-state index contributed by atoms with van der Waals surface area (Å²) in [5.74, 6) is -2.16. The molecule has 3 aromatic carbocycles. The van der Waals surface area contributed by atoms with Crippen LogP contribution in [-0.4, -0.2) is 41.3 Å². The van der Waals surface area contributed by atoms with E-state index in [9.17, 15) is 19.2 Å². The van der Waals surface area contributed by atoms with E-state index in [2.05, 4.69) is 10.4 Å². The number of hydrogen-bond donors (Lipinski definition) is 1. The van der Waals surface area contributed by atoms with Crippen molar-refractivity contribution in [1.82, 2.24) is 9.78 Å². The molecular formula is C25H19N3O6. The lowest BCUT2D eigenvalue weighted by Crippen LogP contribution is -2.27. The maximum atomic E-state index is 12.9. The number of nitrogens with zero attached hydrogens (tertiary/aromatic N) is 2. The summed E-state index contributed by atoms with van der Waals surface area (Å²) in [6.07, 6.45) is 0. The number of hydrogen-bond acceptors (Lipinski definition) is 7. The first-order chi connectivity index (χ1) is 16.5. The van der Waals surface area contributed by atoms with Crippen LogP contribution in [0.3, 0.4) is 0 Å². The first-order valence-electron chi connectivity index (χ1n) is 10.2. The molecule has 1 N–H and O–H groups in total. The van der Waals surface area contributed by atoms with Crippen LogP contribution in [0, 0.1) is 0 Å². The summed E-state index contributed by atoms with van der Waals surface area (Å²) < 4.78 is 11.0. The first-order valence-corrected chi connectivity index (χ1v) is 10.2. The van der Waals surface area contributed by atoms with Crippen molar-refractivity contribution in [2.24, 2.45) is 0 Å². The molecule has 0 bridgehead atoms. The van der Waals surface area contributed by atoms with Crippen LogP contribution in [0.4, 0.5) is 5.69 Å². The van der Waals surface area contributed by atoms with Gasteiger partial charge in [0.25, 0.3) is 11.5 Å². The Morgan fingerprint density at radius 2 is 1.50 bits per heavy atom. The van der Waals surface area contributed by atoms with Crippen LogP contribution >= 0.6 is 0 Å². The number of nitrogens with one attached hydrogen (secondary N) is 1. The largest absolute Gasteiger partial charge is 0.465 e. The van der Waals surface area contributed by atoms with Gasteiger partial charge in [0.2, 0.25) is 0 Å². The van der Waals surface area contributed by atoms with Crippen molar-refractivity contribution in [3.05, 3.63) is 100 Å². The Morgan fingerprint density at radius 3 is 2.24 bits per heavy atom. The predicted molar refractivity (Wildman–Crippen MR) is 124 cm³/mol. The number of benzene rings is 3. The Labute approximate surface area is 193 Å². The highest BCUT2D eigenvalue weighted by molar-refractivity contribution is 6.04. The summed E-state index contributed by atoms with van der Waals surface area (Å²) in [6, 6.07) is 21.5. The van der Waals surface area contributed by atoms with E-state index in [1.165, 1.54) is 19.2 Å². The van der Waals surface area contributed by atoms with Gasteiger partial charge < -0.3 is 14.8 Å². The molecule has 0 spiro atoms. The van der Waals surface area contributed by atoms with Crippen molar-refractivity contribution in [2.75, 3.05) is 19.0 Å². The molecule has 0 aliphatic rings. The number of anilines is 1. The first kappa shape index (κ1) is 22.4. The van der Waals surface area contributed by atoms with Gasteiger partial charge in [0.05, 0.1) is 29.4 Å². The van der Waals surface area contributed by atoms with E-state index in [-0.39, 0.29) is 22.3 Å². The van der Waals surface area contributed by atoms with Crippen molar-refractivity contribution < 1.29 is 23.9 Å². The van der Waals surface area contributed by atoms with Gasteiger partial charge in [0.15, 0.2) is 12.3 Å². The number of aromatic nitrogens is 2. The van der Waals surface area contributed by atoms with Gasteiger partial charge in [0.1, 0.15) is 0 Å². The SMILES string of the molecule is COC(=O)c1ccccc1NC(=O)COC(=O)c1nn(-c2ccccc2)c(=O)c2ccccc12. The molecule has 1 amide bonds. The Hall–Kier alpha value is -4.79. The molecule has 0 saturated carbocycles. The number of esters is 2. The van der Waals surface area contributed by atoms with Crippen LogP contribution in [0.5, 0.6) is 0 Å². The maximum absolute atomic E-state index is 12.9. The highest BCUT2D eigenvalue weighted by Gasteiger charge is 2.20. The summed E-state index contributed by atoms with van der Waals surface area (Å²) in [6.45, 7) is -0.630. The van der Waals surface area contributed by atoms with E-state index < -0.39 is 30.0 Å². The Kier molecular flexibility index (Phi) is 6.45. The average molecular weight is 457 g/mol. The fourth-order valence-corrected chi connectivity index (χ4v) is 3.35. The predicted octanol–water partition coefficient (Wildman–Crippen LogP) is 2.97. The van der Waals surface area contributed by atoms with E-state index in [1.807, 2.05) is 0 Å². The molecule has 170 valence electrons. The number of carbonyl (C=O) groups is 3. The monoisotopic (exact) mass is 457 g/mol. The molecule has 1 heterocycles. The quantitative estimate of drug-likeness (QED) is 0.443. The molecule has 4 rings (SSSR count). The number of rotatable bonds is 6. The zero-order chi connectivity index (χ0) is 24.1. The molecule has 1 aromatic heterocycles. The molecule has 0 radical (unpaired) electrons. The topological polar surface area (TPSA) is 117 Å². The number of methoxy groups -OCH3 is 1. The zero-order valence-corrected chi connectivity index (χ0v) is 18.1. The van der Waals surface area contributed by atoms with Crippen LogP contribution in [0.2, 0.25) is 0 Å². The second-order valence-electron chi connectivity index (χ2n) is 7.11. The van der Waals surface area contributed by atoms with Gasteiger partial charge in [-0.15, -0.1) is 0 Å². The van der Waals surface area contributed by atoms with Gasteiger partial charge in [-0.1, -0.05) is 48.5 Å². The number of ether oxygens (including phenoxy) is 2. The van der Waals surface area contributed by atoms with E-state index in [1.54, 1.807) is 66.7 Å². The fourth-order valence-electron chi connectivity index (χ4n) is 3.35. The van der Waals surface area contributed by atoms with Crippen molar-refractivity contribution >= 4 is 34.3 Å². The highest BCUT2D eigenvalue weighted by Crippen LogP contribution is 2.18. The normalized spacial score (nSPS) is 10.5. The van der Waals surface area contributed by atoms with E-state index in [0.29, 0.717) is 11.1 Å². The average Bonchev–Trinajstić information content (AvgIpc) is 2.88. The molecule has 0 aliphatic heterocycles. The van der Waals surface area contributed by atoms with E-state index in [0.717, 1.165) is 4.68 Å². The van der Waals surface area contributed by atoms with E-state index >= 15 is 0 Å². The summed E-state index contributed by atoms with van der Waals surface area (Å²) in [5, 5.41) is 7.33. The second kappa shape index (κ2) is 9.78. The van der Waals surface area contributed by atoms with Gasteiger partial charge in [0, 0.05) is 5.39 Å². The van der Waals surface area contributed by atoms with Crippen molar-refractivity contribution in [1.29, 1.82) is 0 Å². The molecule has 0 aliphatic carbocycles. The van der Waals surface area contributed by atoms with Crippen LogP contribution in [-0.2, 0) is 14.3 Å². The number of para-hydroxylation sites is 2. The summed E-state index contributed by atoms with van der Waals surface area (Å²) in [7, 11) is 1.23. The standard InChI is InChI=1S/C25H19N3O6/c1-33-24(31)19-13-7-8-14-20(19)26-21(29)15-34-25(32)22-17-11-5-6-12-18(17)23(30)28(27-22)16-9-3-2-4-10-16/h2-14H,15H2,1H3,(H,26,29). The van der Waals surface area contributed by atoms with Crippen molar-refractivity contribution in [3.63, 3.8) is 0 Å². The minimum Gasteiger partial charge on any atom is -0.465 e. The lowest BCUT2D eigenvalue weighted by atomic mass is 10.1. The molecule has 34 heavy (non-hydrogen) atoms. The lowest BCUT2D eigenvalue weighted by Gasteiger charge is -2.12. The molecule has 0 fully saturated rings. The minimum absolute atomic E-state index is 0.109. The van der Waals surface area contributed by atoms with Gasteiger partial charge >= 0.3 is 11.9 Å². The molecule has 0 unspecified atom stereocenters. The Morgan fingerprint density at radius 1 is 0.853 bits per heavy atom. The molecule has 0 saturated heterocycles. The summed E-state index contributed by atoms with van der Waals surface area (Å²) in [5.41, 5.74) is 0.352. The number of carbonyl (C=O) groups excluding carboxylic acids is 3. The van der Waals surface area contributed by atoms with Crippen LogP contribution in [0.25, 0.3) is 16.5 Å². The summed E-state index contributed by atoms with van der Waals surface area (Å²) in [4.78, 5) is 50.1. The lowest BCUT2D eigenvalue weighted by molar-refractivity contribution is -0.119. The van der Waals surface area contributed by atoms with Crippen LogP contribution < -0.4 is 10.9 Å².